The van der Waals surface area contributed by atoms with Crippen molar-refractivity contribution in [3.05, 3.63) is 90.5 Å². The molecule has 1 atom stereocenters. The van der Waals surface area contributed by atoms with E-state index in [1.165, 1.54) is 5.69 Å². The minimum Gasteiger partial charge on any atom is -0.318 e. The van der Waals surface area contributed by atoms with Crippen LogP contribution in [0.3, 0.4) is 0 Å². The minimum absolute atomic E-state index is 0.128. The Morgan fingerprint density at radius 3 is 2.61 bits per heavy atom. The van der Waals surface area contributed by atoms with Crippen LogP contribution in [0.25, 0.3) is 17.1 Å². The number of nitrogens with zero attached hydrogens (tertiary/aromatic N) is 5. The molecule has 0 saturated carbocycles. The van der Waals surface area contributed by atoms with Gasteiger partial charge in [0.25, 0.3) is 0 Å². The molecule has 4 heterocycles. The van der Waals surface area contributed by atoms with Crippen LogP contribution in [0.2, 0.25) is 0 Å². The van der Waals surface area contributed by atoms with Gasteiger partial charge in [-0.3, -0.25) is 9.97 Å². The third kappa shape index (κ3) is 3.82. The van der Waals surface area contributed by atoms with Crippen LogP contribution in [-0.2, 0) is 6.54 Å². The summed E-state index contributed by atoms with van der Waals surface area (Å²) in [6.07, 6.45) is 11.1. The molecule has 0 aliphatic carbocycles. The second kappa shape index (κ2) is 8.10. The Kier molecular flexibility index (Phi) is 5.21. The SMILES string of the molecule is Cc1nc(-c2ccncc2)ncc1C(C)NCc1cccn1-c1cccnc1. The van der Waals surface area contributed by atoms with Crippen molar-refractivity contribution in [1.82, 2.24) is 29.8 Å². The fourth-order valence-electron chi connectivity index (χ4n) is 3.22. The maximum atomic E-state index is 4.68. The predicted octanol–water partition coefficient (Wildman–Crippen LogP) is 3.88. The molecule has 0 spiro atoms. The number of nitrogens with one attached hydrogen (secondary N) is 1. The van der Waals surface area contributed by atoms with Gasteiger partial charge < -0.3 is 9.88 Å². The Labute approximate surface area is 164 Å². The molecule has 1 N–H and O–H groups in total. The molecule has 0 amide bonds. The quantitative estimate of drug-likeness (QED) is 0.558. The normalized spacial score (nSPS) is 12.1. The first kappa shape index (κ1) is 18.0. The van der Waals surface area contributed by atoms with E-state index < -0.39 is 0 Å². The summed E-state index contributed by atoms with van der Waals surface area (Å²) < 4.78 is 2.14. The summed E-state index contributed by atoms with van der Waals surface area (Å²) in [7, 11) is 0. The fourth-order valence-corrected chi connectivity index (χ4v) is 3.22. The van der Waals surface area contributed by atoms with E-state index >= 15 is 0 Å². The average Bonchev–Trinajstić information content (AvgIpc) is 3.22. The van der Waals surface area contributed by atoms with E-state index in [4.69, 9.17) is 0 Å². The van der Waals surface area contributed by atoms with Gasteiger partial charge in [-0.2, -0.15) is 0 Å². The zero-order chi connectivity index (χ0) is 19.3. The molecule has 0 aliphatic rings. The Bertz CT molecular complexity index is 1040. The smallest absolute Gasteiger partial charge is 0.159 e. The van der Waals surface area contributed by atoms with Gasteiger partial charge in [-0.05, 0) is 50.2 Å². The third-order valence-corrected chi connectivity index (χ3v) is 4.77. The molecule has 0 radical (unpaired) electrons. The van der Waals surface area contributed by atoms with E-state index in [1.807, 2.05) is 43.6 Å². The van der Waals surface area contributed by atoms with Crippen LogP contribution in [0.4, 0.5) is 0 Å². The third-order valence-electron chi connectivity index (χ3n) is 4.77. The largest absolute Gasteiger partial charge is 0.318 e. The van der Waals surface area contributed by atoms with Crippen molar-refractivity contribution in [3.8, 4) is 17.1 Å². The Balaban J connectivity index is 1.48. The summed E-state index contributed by atoms with van der Waals surface area (Å²) in [6.45, 7) is 4.89. The van der Waals surface area contributed by atoms with Crippen LogP contribution in [0.15, 0.2) is 73.6 Å². The van der Waals surface area contributed by atoms with Crippen molar-refractivity contribution in [2.24, 2.45) is 0 Å². The first-order valence-corrected chi connectivity index (χ1v) is 9.26. The number of hydrogen-bond donors (Lipinski definition) is 1. The van der Waals surface area contributed by atoms with Crippen LogP contribution in [-0.4, -0.2) is 24.5 Å². The lowest BCUT2D eigenvalue weighted by Crippen LogP contribution is -2.21. The van der Waals surface area contributed by atoms with Gasteiger partial charge in [-0.1, -0.05) is 0 Å². The van der Waals surface area contributed by atoms with Gasteiger partial charge in [0.1, 0.15) is 0 Å². The Hall–Kier alpha value is -3.38. The van der Waals surface area contributed by atoms with Crippen molar-refractivity contribution >= 4 is 0 Å². The molecule has 0 aliphatic heterocycles. The fraction of sp³-hybridized carbons (Fsp3) is 0.182. The lowest BCUT2D eigenvalue weighted by atomic mass is 10.1. The maximum Gasteiger partial charge on any atom is 0.159 e. The van der Waals surface area contributed by atoms with Crippen molar-refractivity contribution in [2.45, 2.75) is 26.4 Å². The van der Waals surface area contributed by atoms with Gasteiger partial charge in [0.2, 0.25) is 0 Å². The first-order valence-electron chi connectivity index (χ1n) is 9.26. The molecular formula is C22H22N6. The predicted molar refractivity (Wildman–Crippen MR) is 109 cm³/mol. The number of aromatic nitrogens is 5. The van der Waals surface area contributed by atoms with Crippen molar-refractivity contribution < 1.29 is 0 Å². The number of pyridine rings is 2. The molecule has 6 nitrogen and oxygen atoms in total. The van der Waals surface area contributed by atoms with Crippen LogP contribution in [0.5, 0.6) is 0 Å². The summed E-state index contributed by atoms with van der Waals surface area (Å²) >= 11 is 0. The molecule has 1 unspecified atom stereocenters. The average molecular weight is 370 g/mol. The zero-order valence-electron chi connectivity index (χ0n) is 15.9. The molecular weight excluding hydrogens is 348 g/mol. The molecule has 0 aromatic carbocycles. The Morgan fingerprint density at radius 2 is 1.86 bits per heavy atom. The van der Waals surface area contributed by atoms with Crippen molar-refractivity contribution in [3.63, 3.8) is 0 Å². The number of rotatable bonds is 6. The van der Waals surface area contributed by atoms with E-state index in [9.17, 15) is 0 Å². The molecule has 0 fully saturated rings. The monoisotopic (exact) mass is 370 g/mol. The maximum absolute atomic E-state index is 4.68. The van der Waals surface area contributed by atoms with E-state index in [1.54, 1.807) is 18.6 Å². The van der Waals surface area contributed by atoms with E-state index in [0.717, 1.165) is 34.9 Å². The summed E-state index contributed by atoms with van der Waals surface area (Å²) in [5, 5.41) is 3.58. The first-order chi connectivity index (χ1) is 13.7. The molecule has 0 bridgehead atoms. The molecule has 0 saturated heterocycles. The standard InChI is InChI=1S/C22H22N6/c1-16(21-15-26-22(27-17(21)2)18-7-10-23-11-8-18)25-14-20-6-4-12-28(20)19-5-3-9-24-13-19/h3-13,15-16,25H,14H2,1-2H3. The molecule has 140 valence electrons. The highest BCUT2D eigenvalue weighted by Gasteiger charge is 2.13. The highest BCUT2D eigenvalue weighted by Crippen LogP contribution is 2.20. The van der Waals surface area contributed by atoms with Crippen LogP contribution in [0, 0.1) is 6.92 Å². The van der Waals surface area contributed by atoms with Gasteiger partial charge in [-0.15, -0.1) is 0 Å². The number of aryl methyl sites for hydroxylation is 1. The second-order valence-electron chi connectivity index (χ2n) is 6.65. The molecule has 28 heavy (non-hydrogen) atoms. The van der Waals surface area contributed by atoms with Gasteiger partial charge in [0, 0.05) is 66.1 Å². The Morgan fingerprint density at radius 1 is 1.00 bits per heavy atom. The highest BCUT2D eigenvalue weighted by atomic mass is 15.0. The summed E-state index contributed by atoms with van der Waals surface area (Å²) in [6, 6.07) is 12.1. The topological polar surface area (TPSA) is 68.5 Å². The van der Waals surface area contributed by atoms with Gasteiger partial charge in [-0.25, -0.2) is 9.97 Å². The lowest BCUT2D eigenvalue weighted by Gasteiger charge is -2.17. The summed E-state index contributed by atoms with van der Waals surface area (Å²) in [5.74, 6) is 0.723. The van der Waals surface area contributed by atoms with Gasteiger partial charge >= 0.3 is 0 Å². The van der Waals surface area contributed by atoms with Crippen molar-refractivity contribution in [1.29, 1.82) is 0 Å². The van der Waals surface area contributed by atoms with Crippen molar-refractivity contribution in [2.75, 3.05) is 0 Å². The minimum atomic E-state index is 0.128. The molecule has 4 aromatic heterocycles. The van der Waals surface area contributed by atoms with Crippen LogP contribution < -0.4 is 5.32 Å². The summed E-state index contributed by atoms with van der Waals surface area (Å²) in [5.41, 5.74) is 5.27. The molecule has 6 heteroatoms. The highest BCUT2D eigenvalue weighted by molar-refractivity contribution is 5.53. The summed E-state index contributed by atoms with van der Waals surface area (Å²) in [4.78, 5) is 17.5. The van der Waals surface area contributed by atoms with Crippen LogP contribution in [0.1, 0.15) is 29.9 Å². The van der Waals surface area contributed by atoms with E-state index in [2.05, 4.69) is 55.1 Å². The van der Waals surface area contributed by atoms with E-state index in [0.29, 0.717) is 0 Å². The zero-order valence-corrected chi connectivity index (χ0v) is 15.9. The molecule has 4 rings (SSSR count). The van der Waals surface area contributed by atoms with Gasteiger partial charge in [0.15, 0.2) is 5.82 Å². The number of hydrogen-bond acceptors (Lipinski definition) is 5. The molecule has 4 aromatic rings. The van der Waals surface area contributed by atoms with Gasteiger partial charge in [0.05, 0.1) is 11.9 Å². The van der Waals surface area contributed by atoms with Crippen LogP contribution >= 0.6 is 0 Å². The second-order valence-corrected chi connectivity index (χ2v) is 6.65. The van der Waals surface area contributed by atoms with E-state index in [-0.39, 0.29) is 6.04 Å². The lowest BCUT2D eigenvalue weighted by molar-refractivity contribution is 0.557.